The fraction of sp³-hybridized carbons (Fsp3) is 0.208. The number of aryl methyl sites for hydroxylation is 1. The van der Waals surface area contributed by atoms with E-state index in [9.17, 15) is 17.2 Å². The van der Waals surface area contributed by atoms with Crippen molar-refractivity contribution in [1.29, 1.82) is 0 Å². The Morgan fingerprint density at radius 2 is 1.85 bits per heavy atom. The van der Waals surface area contributed by atoms with Crippen LogP contribution in [-0.2, 0) is 23.0 Å². The highest BCUT2D eigenvalue weighted by Gasteiger charge is 2.16. The van der Waals surface area contributed by atoms with Crippen LogP contribution < -0.4 is 10.0 Å². The molecule has 4 aromatic rings. The second-order valence-corrected chi connectivity index (χ2v) is 9.88. The number of nitrogens with one attached hydrogen (secondary N) is 2. The Hall–Kier alpha value is -3.01. The number of aromatic nitrogens is 1. The summed E-state index contributed by atoms with van der Waals surface area (Å²) in [5, 5.41) is 7.93. The van der Waals surface area contributed by atoms with E-state index in [-0.39, 0.29) is 15.7 Å². The number of benzene rings is 3. The molecule has 10 heteroatoms. The highest BCUT2D eigenvalue weighted by Crippen LogP contribution is 2.23. The Labute approximate surface area is 201 Å². The molecule has 0 bridgehead atoms. The van der Waals surface area contributed by atoms with Gasteiger partial charge in [0.1, 0.15) is 11.6 Å². The molecule has 6 nitrogen and oxygen atoms in total. The second kappa shape index (κ2) is 10.5. The van der Waals surface area contributed by atoms with Gasteiger partial charge in [-0.05, 0) is 73.8 Å². The second-order valence-electron chi connectivity index (χ2n) is 7.79. The zero-order valence-corrected chi connectivity index (χ0v) is 19.6. The molecular weight excluding hydrogens is 484 g/mol. The minimum Gasteiger partial charge on any atom is -0.356 e. The topological polar surface area (TPSA) is 84.2 Å². The lowest BCUT2D eigenvalue weighted by molar-refractivity contribution is 0.442. The maximum absolute atomic E-state index is 13.3. The lowest BCUT2D eigenvalue weighted by Crippen LogP contribution is -2.16. The highest BCUT2D eigenvalue weighted by atomic mass is 35.5. The lowest BCUT2D eigenvalue weighted by Gasteiger charge is -2.11. The van der Waals surface area contributed by atoms with Crippen LogP contribution in [0, 0.1) is 11.6 Å². The average Bonchev–Trinajstić information content (AvgIpc) is 3.19. The molecule has 3 aromatic carbocycles. The fourth-order valence-corrected chi connectivity index (χ4v) is 4.84. The average molecular weight is 506 g/mol. The first-order valence-electron chi connectivity index (χ1n) is 10.6. The van der Waals surface area contributed by atoms with Gasteiger partial charge in [0, 0.05) is 23.7 Å². The van der Waals surface area contributed by atoms with Gasteiger partial charge < -0.3 is 9.84 Å². The van der Waals surface area contributed by atoms with Crippen LogP contribution in [0.15, 0.2) is 70.1 Å². The van der Waals surface area contributed by atoms with E-state index in [0.29, 0.717) is 17.8 Å². The summed E-state index contributed by atoms with van der Waals surface area (Å²) >= 11 is 5.70. The van der Waals surface area contributed by atoms with Crippen LogP contribution in [-0.4, -0.2) is 20.1 Å². The molecule has 0 saturated carbocycles. The van der Waals surface area contributed by atoms with E-state index in [4.69, 9.17) is 16.1 Å². The van der Waals surface area contributed by atoms with E-state index in [0.717, 1.165) is 60.6 Å². The van der Waals surface area contributed by atoms with E-state index >= 15 is 0 Å². The Balaban J connectivity index is 1.25. The maximum Gasteiger partial charge on any atom is 0.261 e. The van der Waals surface area contributed by atoms with Crippen LogP contribution in [0.2, 0.25) is 5.02 Å². The van der Waals surface area contributed by atoms with Gasteiger partial charge in [0.15, 0.2) is 5.58 Å². The normalized spacial score (nSPS) is 11.7. The lowest BCUT2D eigenvalue weighted by atomic mass is 10.1. The van der Waals surface area contributed by atoms with Crippen molar-refractivity contribution in [2.24, 2.45) is 0 Å². The van der Waals surface area contributed by atoms with Gasteiger partial charge in [-0.15, -0.1) is 0 Å². The minimum absolute atomic E-state index is 0.118. The number of unbranched alkanes of at least 4 members (excludes halogenated alkanes) is 1. The van der Waals surface area contributed by atoms with Crippen molar-refractivity contribution in [1.82, 2.24) is 10.5 Å². The summed E-state index contributed by atoms with van der Waals surface area (Å²) in [6, 6.07) is 14.7. The molecule has 0 fully saturated rings. The summed E-state index contributed by atoms with van der Waals surface area (Å²) in [6.07, 6.45) is 2.50. The summed E-state index contributed by atoms with van der Waals surface area (Å²) in [6.45, 7) is 1.32. The van der Waals surface area contributed by atoms with Gasteiger partial charge in [-0.1, -0.05) is 28.9 Å². The SMILES string of the molecule is O=S(=O)(Nc1cccc(CNCCCCc2noc3cc(F)ccc23)c1)c1ccc(F)c(Cl)c1. The summed E-state index contributed by atoms with van der Waals surface area (Å²) in [4.78, 5) is -0.118. The number of hydrogen-bond donors (Lipinski definition) is 2. The molecule has 0 spiro atoms. The monoisotopic (exact) mass is 505 g/mol. The number of anilines is 1. The van der Waals surface area contributed by atoms with Gasteiger partial charge >= 0.3 is 0 Å². The Morgan fingerprint density at radius 1 is 1.00 bits per heavy atom. The molecule has 1 aromatic heterocycles. The summed E-state index contributed by atoms with van der Waals surface area (Å²) in [5.41, 5.74) is 2.57. The number of hydrogen-bond acceptors (Lipinski definition) is 5. The molecule has 34 heavy (non-hydrogen) atoms. The standard InChI is InChI=1S/C24H22ClF2N3O3S/c25-21-14-19(8-10-22(21)27)34(31,32)30-18-5-3-4-16(12-18)15-28-11-2-1-6-23-20-9-7-17(26)13-24(20)33-29-23/h3-5,7-10,12-14,28,30H,1-2,6,11,15H2. The van der Waals surface area contributed by atoms with Crippen molar-refractivity contribution in [2.75, 3.05) is 11.3 Å². The van der Waals surface area contributed by atoms with Gasteiger partial charge in [0.05, 0.1) is 15.6 Å². The Bertz CT molecular complexity index is 1410. The first-order chi connectivity index (χ1) is 16.3. The third kappa shape index (κ3) is 5.91. The molecule has 0 atom stereocenters. The highest BCUT2D eigenvalue weighted by molar-refractivity contribution is 7.92. The van der Waals surface area contributed by atoms with Crippen molar-refractivity contribution < 1.29 is 21.7 Å². The summed E-state index contributed by atoms with van der Waals surface area (Å²) in [7, 11) is -3.90. The molecule has 1 heterocycles. The predicted octanol–water partition coefficient (Wildman–Crippen LogP) is 5.67. The number of nitrogens with zero attached hydrogens (tertiary/aromatic N) is 1. The molecular formula is C24H22ClF2N3O3S. The van der Waals surface area contributed by atoms with Crippen LogP contribution in [0.5, 0.6) is 0 Å². The van der Waals surface area contributed by atoms with Crippen molar-refractivity contribution >= 4 is 38.3 Å². The molecule has 4 rings (SSSR count). The predicted molar refractivity (Wildman–Crippen MR) is 127 cm³/mol. The minimum atomic E-state index is -3.90. The summed E-state index contributed by atoms with van der Waals surface area (Å²) < 4.78 is 59.4. The number of fused-ring (bicyclic) bond motifs is 1. The molecule has 0 aliphatic rings. The third-order valence-electron chi connectivity index (χ3n) is 5.24. The quantitative estimate of drug-likeness (QED) is 0.271. The van der Waals surface area contributed by atoms with Crippen LogP contribution in [0.3, 0.4) is 0 Å². The summed E-state index contributed by atoms with van der Waals surface area (Å²) in [5.74, 6) is -1.03. The van der Waals surface area contributed by atoms with Gasteiger partial charge in [-0.3, -0.25) is 4.72 Å². The van der Waals surface area contributed by atoms with E-state index < -0.39 is 15.8 Å². The zero-order chi connectivity index (χ0) is 24.1. The molecule has 178 valence electrons. The molecule has 0 saturated heterocycles. The van der Waals surface area contributed by atoms with Crippen LogP contribution in [0.1, 0.15) is 24.1 Å². The van der Waals surface area contributed by atoms with Crippen molar-refractivity contribution in [3.8, 4) is 0 Å². The maximum atomic E-state index is 13.3. The van der Waals surface area contributed by atoms with Crippen molar-refractivity contribution in [2.45, 2.75) is 30.7 Å². The van der Waals surface area contributed by atoms with E-state index in [1.54, 1.807) is 24.3 Å². The molecule has 0 radical (unpaired) electrons. The smallest absolute Gasteiger partial charge is 0.261 e. The number of rotatable bonds is 10. The molecule has 0 aliphatic carbocycles. The van der Waals surface area contributed by atoms with E-state index in [1.807, 2.05) is 6.07 Å². The number of halogens is 3. The van der Waals surface area contributed by atoms with Gasteiger partial charge in [-0.25, -0.2) is 17.2 Å². The molecule has 2 N–H and O–H groups in total. The van der Waals surface area contributed by atoms with Crippen molar-refractivity contribution in [3.63, 3.8) is 0 Å². The third-order valence-corrected chi connectivity index (χ3v) is 6.90. The fourth-order valence-electron chi connectivity index (χ4n) is 3.52. The van der Waals surface area contributed by atoms with Crippen LogP contribution in [0.4, 0.5) is 14.5 Å². The largest absolute Gasteiger partial charge is 0.356 e. The Morgan fingerprint density at radius 3 is 2.68 bits per heavy atom. The molecule has 0 aliphatic heterocycles. The number of sulfonamides is 1. The van der Waals surface area contributed by atoms with Crippen LogP contribution >= 0.6 is 11.6 Å². The van der Waals surface area contributed by atoms with Crippen LogP contribution in [0.25, 0.3) is 11.0 Å². The van der Waals surface area contributed by atoms with E-state index in [1.165, 1.54) is 12.1 Å². The zero-order valence-electron chi connectivity index (χ0n) is 18.0. The molecule has 0 unspecified atom stereocenters. The first kappa shape index (κ1) is 24.1. The van der Waals surface area contributed by atoms with Crippen molar-refractivity contribution in [3.05, 3.63) is 88.6 Å². The van der Waals surface area contributed by atoms with Gasteiger partial charge in [0.25, 0.3) is 10.0 Å². The first-order valence-corrected chi connectivity index (χ1v) is 12.5. The molecule has 0 amide bonds. The Kier molecular flexibility index (Phi) is 7.45. The van der Waals surface area contributed by atoms with Gasteiger partial charge in [0.2, 0.25) is 0 Å². The van der Waals surface area contributed by atoms with Gasteiger partial charge in [-0.2, -0.15) is 0 Å². The van der Waals surface area contributed by atoms with E-state index in [2.05, 4.69) is 15.2 Å².